The van der Waals surface area contributed by atoms with Crippen molar-refractivity contribution in [3.05, 3.63) is 76.4 Å². The summed E-state index contributed by atoms with van der Waals surface area (Å²) in [6.45, 7) is 2.67. The molecule has 1 unspecified atom stereocenters. The first-order valence-electron chi connectivity index (χ1n) is 10.6. The van der Waals surface area contributed by atoms with Gasteiger partial charge in [-0.15, -0.1) is 0 Å². The first-order chi connectivity index (χ1) is 16.9. The van der Waals surface area contributed by atoms with Crippen LogP contribution >= 0.6 is 0 Å². The highest BCUT2D eigenvalue weighted by atomic mass is 19.4. The van der Waals surface area contributed by atoms with Crippen LogP contribution in [0.4, 0.5) is 39.5 Å². The van der Waals surface area contributed by atoms with E-state index in [1.807, 2.05) is 0 Å². The van der Waals surface area contributed by atoms with Crippen molar-refractivity contribution < 1.29 is 49.1 Å². The Bertz CT molecular complexity index is 1150. The second-order valence-corrected chi connectivity index (χ2v) is 8.23. The lowest BCUT2D eigenvalue weighted by atomic mass is 10.0. The van der Waals surface area contributed by atoms with E-state index in [2.05, 4.69) is 5.32 Å². The smallest absolute Gasteiger partial charge is 0.352 e. The molecule has 37 heavy (non-hydrogen) atoms. The standard InChI is InChI=1S/C24H21F9N2O2/c1-13(2)21(37)34-12-16-8-6-14(10-18(16)23(28,29)30)7-9-19(36)35-20(24(31,32)33)15-4-3-5-17(11-15)22(25,26)27/h3-11,13,20H,12H2,1-2H3,(H,34,37)(H,35,36). The third-order valence-corrected chi connectivity index (χ3v) is 5.01. The molecular formula is C24H21F9N2O2. The van der Waals surface area contributed by atoms with Crippen molar-refractivity contribution in [1.29, 1.82) is 0 Å². The summed E-state index contributed by atoms with van der Waals surface area (Å²) in [4.78, 5) is 23.8. The summed E-state index contributed by atoms with van der Waals surface area (Å²) in [6, 6.07) is 2.36. The van der Waals surface area contributed by atoms with Crippen LogP contribution in [0.3, 0.4) is 0 Å². The molecule has 0 saturated heterocycles. The van der Waals surface area contributed by atoms with Crippen molar-refractivity contribution in [3.63, 3.8) is 0 Å². The minimum absolute atomic E-state index is 0.191. The average Bonchev–Trinajstić information content (AvgIpc) is 2.77. The second-order valence-electron chi connectivity index (χ2n) is 8.23. The van der Waals surface area contributed by atoms with Gasteiger partial charge < -0.3 is 10.6 Å². The Kier molecular flexibility index (Phi) is 9.04. The monoisotopic (exact) mass is 540 g/mol. The molecule has 0 spiro atoms. The van der Waals surface area contributed by atoms with Crippen molar-refractivity contribution in [2.24, 2.45) is 5.92 Å². The molecule has 0 saturated carbocycles. The molecule has 0 aliphatic rings. The number of hydrogen-bond acceptors (Lipinski definition) is 2. The fourth-order valence-electron chi connectivity index (χ4n) is 3.11. The summed E-state index contributed by atoms with van der Waals surface area (Å²) < 4.78 is 120. The van der Waals surface area contributed by atoms with E-state index in [0.29, 0.717) is 18.2 Å². The van der Waals surface area contributed by atoms with Crippen molar-refractivity contribution in [2.75, 3.05) is 0 Å². The van der Waals surface area contributed by atoms with E-state index < -0.39 is 65.5 Å². The van der Waals surface area contributed by atoms with Crippen LogP contribution in [-0.4, -0.2) is 18.0 Å². The normalized spacial score (nSPS) is 13.6. The molecule has 2 N–H and O–H groups in total. The zero-order chi connectivity index (χ0) is 28.2. The van der Waals surface area contributed by atoms with E-state index in [0.717, 1.165) is 30.3 Å². The van der Waals surface area contributed by atoms with Gasteiger partial charge in [-0.25, -0.2) is 0 Å². The number of halogens is 9. The van der Waals surface area contributed by atoms with E-state index in [9.17, 15) is 49.1 Å². The maximum absolute atomic E-state index is 13.5. The first kappa shape index (κ1) is 29.7. The Morgan fingerprint density at radius 1 is 0.892 bits per heavy atom. The minimum atomic E-state index is -5.17. The highest BCUT2D eigenvalue weighted by Crippen LogP contribution is 2.36. The van der Waals surface area contributed by atoms with Crippen LogP contribution in [-0.2, 0) is 28.5 Å². The summed E-state index contributed by atoms with van der Waals surface area (Å²) in [5.74, 6) is -2.35. The number of benzene rings is 2. The van der Waals surface area contributed by atoms with Crippen LogP contribution in [0.2, 0.25) is 0 Å². The largest absolute Gasteiger partial charge is 0.416 e. The molecule has 0 aromatic heterocycles. The molecular weight excluding hydrogens is 519 g/mol. The molecule has 2 rings (SSSR count). The zero-order valence-corrected chi connectivity index (χ0v) is 19.3. The summed E-state index contributed by atoms with van der Waals surface area (Å²) in [7, 11) is 0. The molecule has 0 bridgehead atoms. The molecule has 0 radical (unpaired) electrons. The molecule has 202 valence electrons. The lowest BCUT2D eigenvalue weighted by Gasteiger charge is -2.22. The number of carbonyl (C=O) groups excluding carboxylic acids is 2. The second kappa shape index (κ2) is 11.3. The third kappa shape index (κ3) is 8.53. The van der Waals surface area contributed by atoms with Gasteiger partial charge >= 0.3 is 18.5 Å². The molecule has 0 heterocycles. The van der Waals surface area contributed by atoms with Gasteiger partial charge in [-0.3, -0.25) is 9.59 Å². The summed E-state index contributed by atoms with van der Waals surface area (Å²) in [6.07, 6.45) is -13.6. The molecule has 4 nitrogen and oxygen atoms in total. The Balaban J connectivity index is 2.27. The highest BCUT2D eigenvalue weighted by molar-refractivity contribution is 5.92. The minimum Gasteiger partial charge on any atom is -0.352 e. The van der Waals surface area contributed by atoms with Gasteiger partial charge in [0.25, 0.3) is 0 Å². The summed E-state index contributed by atoms with van der Waals surface area (Å²) >= 11 is 0. The van der Waals surface area contributed by atoms with Gasteiger partial charge in [0.05, 0.1) is 11.1 Å². The van der Waals surface area contributed by atoms with Crippen molar-refractivity contribution in [2.45, 2.75) is 45.0 Å². The van der Waals surface area contributed by atoms with Gasteiger partial charge in [-0.05, 0) is 41.0 Å². The number of alkyl halides is 9. The van der Waals surface area contributed by atoms with Crippen molar-refractivity contribution in [3.8, 4) is 0 Å². The Morgan fingerprint density at radius 3 is 2.08 bits per heavy atom. The van der Waals surface area contributed by atoms with Gasteiger partial charge in [-0.2, -0.15) is 39.5 Å². The molecule has 2 aromatic carbocycles. The van der Waals surface area contributed by atoms with Crippen LogP contribution in [0.5, 0.6) is 0 Å². The van der Waals surface area contributed by atoms with E-state index in [-0.39, 0.29) is 17.2 Å². The summed E-state index contributed by atoms with van der Waals surface area (Å²) in [5.41, 5.74) is -3.82. The molecule has 2 amide bonds. The van der Waals surface area contributed by atoms with E-state index >= 15 is 0 Å². The van der Waals surface area contributed by atoms with Gasteiger partial charge in [-0.1, -0.05) is 38.1 Å². The number of hydrogen-bond donors (Lipinski definition) is 2. The van der Waals surface area contributed by atoms with E-state index in [1.165, 1.54) is 5.32 Å². The molecule has 0 aliphatic carbocycles. The predicted octanol–water partition coefficient (Wildman–Crippen LogP) is 6.43. The quantitative estimate of drug-likeness (QED) is 0.314. The molecule has 0 aliphatic heterocycles. The number of nitrogens with one attached hydrogen (secondary N) is 2. The summed E-state index contributed by atoms with van der Waals surface area (Å²) in [5, 5.41) is 3.88. The van der Waals surface area contributed by atoms with Gasteiger partial charge in [0.15, 0.2) is 6.04 Å². The van der Waals surface area contributed by atoms with Crippen molar-refractivity contribution in [1.82, 2.24) is 10.6 Å². The third-order valence-electron chi connectivity index (χ3n) is 5.01. The van der Waals surface area contributed by atoms with Crippen LogP contribution in [0.1, 0.15) is 47.7 Å². The van der Waals surface area contributed by atoms with E-state index in [4.69, 9.17) is 0 Å². The average molecular weight is 540 g/mol. The van der Waals surface area contributed by atoms with Gasteiger partial charge in [0.1, 0.15) is 0 Å². The Hall–Kier alpha value is -3.51. The topological polar surface area (TPSA) is 58.2 Å². The molecule has 0 fully saturated rings. The van der Waals surface area contributed by atoms with Gasteiger partial charge in [0, 0.05) is 18.5 Å². The number of carbonyl (C=O) groups is 2. The molecule has 13 heteroatoms. The fraction of sp³-hybridized carbons (Fsp3) is 0.333. The lowest BCUT2D eigenvalue weighted by Crippen LogP contribution is -2.37. The van der Waals surface area contributed by atoms with Crippen LogP contribution in [0, 0.1) is 5.92 Å². The first-order valence-corrected chi connectivity index (χ1v) is 10.6. The van der Waals surface area contributed by atoms with E-state index in [1.54, 1.807) is 13.8 Å². The predicted molar refractivity (Wildman–Crippen MR) is 116 cm³/mol. The fourth-order valence-corrected chi connectivity index (χ4v) is 3.11. The maximum Gasteiger partial charge on any atom is 0.416 e. The number of amides is 2. The van der Waals surface area contributed by atoms with Crippen LogP contribution in [0.15, 0.2) is 48.5 Å². The molecule has 1 atom stereocenters. The maximum atomic E-state index is 13.5. The lowest BCUT2D eigenvalue weighted by molar-refractivity contribution is -0.162. The molecule has 2 aromatic rings. The zero-order valence-electron chi connectivity index (χ0n) is 19.3. The van der Waals surface area contributed by atoms with Crippen LogP contribution < -0.4 is 10.6 Å². The van der Waals surface area contributed by atoms with Gasteiger partial charge in [0.2, 0.25) is 11.8 Å². The SMILES string of the molecule is CC(C)C(=O)NCc1ccc(C=CC(=O)NC(c2cccc(C(F)(F)F)c2)C(F)(F)F)cc1C(F)(F)F. The highest BCUT2D eigenvalue weighted by Gasteiger charge is 2.42. The Morgan fingerprint density at radius 2 is 1.54 bits per heavy atom. The van der Waals surface area contributed by atoms with Crippen LogP contribution in [0.25, 0.3) is 6.08 Å². The Labute approximate surface area is 205 Å². The number of rotatable bonds is 7. The van der Waals surface area contributed by atoms with Crippen molar-refractivity contribution >= 4 is 17.9 Å².